The lowest BCUT2D eigenvalue weighted by Gasteiger charge is -2.13. The summed E-state index contributed by atoms with van der Waals surface area (Å²) < 4.78 is 32.6. The minimum absolute atomic E-state index is 0.00141. The molecule has 0 bridgehead atoms. The number of nitrogens with one attached hydrogen (secondary N) is 1. The van der Waals surface area contributed by atoms with Crippen molar-refractivity contribution in [3.05, 3.63) is 54.1 Å². The number of amides is 1. The third-order valence-electron chi connectivity index (χ3n) is 3.09. The highest BCUT2D eigenvalue weighted by molar-refractivity contribution is 7.22. The third-order valence-corrected chi connectivity index (χ3v) is 4.02. The van der Waals surface area contributed by atoms with E-state index in [-0.39, 0.29) is 11.6 Å². The molecule has 0 aliphatic rings. The van der Waals surface area contributed by atoms with Crippen molar-refractivity contribution in [2.24, 2.45) is 0 Å². The molecule has 23 heavy (non-hydrogen) atoms. The lowest BCUT2D eigenvalue weighted by Crippen LogP contribution is -2.30. The summed E-state index contributed by atoms with van der Waals surface area (Å²) in [7, 11) is 0. The van der Waals surface area contributed by atoms with Gasteiger partial charge in [-0.2, -0.15) is 0 Å². The molecule has 0 fully saturated rings. The van der Waals surface area contributed by atoms with Gasteiger partial charge in [-0.15, -0.1) is 0 Å². The molecule has 7 heteroatoms. The van der Waals surface area contributed by atoms with Crippen LogP contribution in [0.15, 0.2) is 42.5 Å². The molecule has 1 amide bonds. The van der Waals surface area contributed by atoms with Crippen LogP contribution in [-0.4, -0.2) is 17.0 Å². The maximum atomic E-state index is 13.5. The number of rotatable bonds is 4. The fourth-order valence-corrected chi connectivity index (χ4v) is 2.84. The minimum atomic E-state index is -0.907. The van der Waals surface area contributed by atoms with Crippen LogP contribution in [0.2, 0.25) is 0 Å². The molecule has 0 spiro atoms. The van der Waals surface area contributed by atoms with Crippen molar-refractivity contribution in [2.75, 3.05) is 5.32 Å². The summed E-state index contributed by atoms with van der Waals surface area (Å²) in [6.07, 6.45) is -0.907. The number of carbonyl (C=O) groups excluding carboxylic acids is 1. The van der Waals surface area contributed by atoms with Gasteiger partial charge >= 0.3 is 0 Å². The van der Waals surface area contributed by atoms with Gasteiger partial charge in [0.1, 0.15) is 5.82 Å². The second-order valence-corrected chi connectivity index (χ2v) is 5.84. The summed E-state index contributed by atoms with van der Waals surface area (Å²) in [5.41, 5.74) is 0.592. The Labute approximate surface area is 134 Å². The van der Waals surface area contributed by atoms with E-state index in [4.69, 9.17) is 4.74 Å². The maximum absolute atomic E-state index is 13.5. The van der Waals surface area contributed by atoms with Crippen LogP contribution in [0.1, 0.15) is 6.92 Å². The van der Waals surface area contributed by atoms with Crippen molar-refractivity contribution < 1.29 is 18.3 Å². The van der Waals surface area contributed by atoms with Crippen LogP contribution in [0, 0.1) is 11.6 Å². The largest absolute Gasteiger partial charge is 0.478 e. The lowest BCUT2D eigenvalue weighted by molar-refractivity contribution is -0.122. The number of halogens is 2. The quantitative estimate of drug-likeness (QED) is 0.785. The normalized spacial score (nSPS) is 12.1. The molecule has 2 aromatic carbocycles. The van der Waals surface area contributed by atoms with Crippen molar-refractivity contribution >= 4 is 32.6 Å². The van der Waals surface area contributed by atoms with E-state index in [9.17, 15) is 13.6 Å². The number of thiazole rings is 1. The topological polar surface area (TPSA) is 51.2 Å². The van der Waals surface area contributed by atoms with Gasteiger partial charge in [0.25, 0.3) is 5.91 Å². The van der Waals surface area contributed by atoms with Crippen molar-refractivity contribution in [3.8, 4) is 5.75 Å². The van der Waals surface area contributed by atoms with Gasteiger partial charge in [-0.3, -0.25) is 10.1 Å². The Morgan fingerprint density at radius 1 is 1.26 bits per heavy atom. The molecule has 118 valence electrons. The lowest BCUT2D eigenvalue weighted by atomic mass is 10.3. The van der Waals surface area contributed by atoms with Gasteiger partial charge in [-0.1, -0.05) is 23.5 Å². The first-order chi connectivity index (χ1) is 11.0. The summed E-state index contributed by atoms with van der Waals surface area (Å²) in [5, 5.41) is 2.92. The summed E-state index contributed by atoms with van der Waals surface area (Å²) in [6, 6.07) is 10.0. The fraction of sp³-hybridized carbons (Fsp3) is 0.125. The Balaban J connectivity index is 1.71. The molecule has 1 atom stereocenters. The Morgan fingerprint density at radius 2 is 2.04 bits per heavy atom. The van der Waals surface area contributed by atoms with Crippen LogP contribution in [0.3, 0.4) is 0 Å². The number of ether oxygens (including phenoxy) is 1. The second-order valence-electron chi connectivity index (χ2n) is 4.81. The Morgan fingerprint density at radius 3 is 2.83 bits per heavy atom. The molecule has 0 aliphatic carbocycles. The molecular weight excluding hydrogens is 322 g/mol. The van der Waals surface area contributed by atoms with Gasteiger partial charge in [0, 0.05) is 0 Å². The van der Waals surface area contributed by atoms with Gasteiger partial charge in [0.2, 0.25) is 0 Å². The van der Waals surface area contributed by atoms with Gasteiger partial charge in [0.05, 0.1) is 10.2 Å². The van der Waals surface area contributed by atoms with E-state index in [0.29, 0.717) is 15.3 Å². The van der Waals surface area contributed by atoms with Crippen LogP contribution < -0.4 is 10.1 Å². The van der Waals surface area contributed by atoms with Crippen LogP contribution in [0.5, 0.6) is 5.75 Å². The van der Waals surface area contributed by atoms with Gasteiger partial charge in [0.15, 0.2) is 22.8 Å². The molecule has 3 aromatic rings. The molecule has 3 rings (SSSR count). The monoisotopic (exact) mass is 334 g/mol. The van der Waals surface area contributed by atoms with Gasteiger partial charge in [-0.05, 0) is 37.3 Å². The highest BCUT2D eigenvalue weighted by atomic mass is 32.1. The predicted molar refractivity (Wildman–Crippen MR) is 84.7 cm³/mol. The third kappa shape index (κ3) is 3.45. The van der Waals surface area contributed by atoms with Crippen LogP contribution in [-0.2, 0) is 4.79 Å². The average molecular weight is 334 g/mol. The van der Waals surface area contributed by atoms with Gasteiger partial charge < -0.3 is 4.74 Å². The van der Waals surface area contributed by atoms with Gasteiger partial charge in [-0.25, -0.2) is 13.8 Å². The smallest absolute Gasteiger partial charge is 0.266 e. The molecule has 0 aliphatic heterocycles. The van der Waals surface area contributed by atoms with E-state index in [0.717, 1.165) is 11.3 Å². The molecule has 4 nitrogen and oxygen atoms in total. The average Bonchev–Trinajstić information content (AvgIpc) is 2.90. The fourth-order valence-electron chi connectivity index (χ4n) is 1.94. The number of para-hydroxylation sites is 1. The molecule has 1 N–H and O–H groups in total. The minimum Gasteiger partial charge on any atom is -0.478 e. The zero-order valence-electron chi connectivity index (χ0n) is 12.0. The van der Waals surface area contributed by atoms with E-state index in [2.05, 4.69) is 10.3 Å². The van der Waals surface area contributed by atoms with Crippen molar-refractivity contribution in [1.29, 1.82) is 0 Å². The summed E-state index contributed by atoms with van der Waals surface area (Å²) in [5.74, 6) is -1.37. The molecule has 0 unspecified atom stereocenters. The summed E-state index contributed by atoms with van der Waals surface area (Å²) in [4.78, 5) is 16.3. The van der Waals surface area contributed by atoms with E-state index in [1.54, 1.807) is 6.07 Å². The number of benzene rings is 2. The highest BCUT2D eigenvalue weighted by Crippen LogP contribution is 2.26. The SMILES string of the molecule is C[C@H](Oc1ccccc1F)C(=O)Nc1nc2ccc(F)cc2s1. The van der Waals surface area contributed by atoms with Crippen molar-refractivity contribution in [3.63, 3.8) is 0 Å². The number of anilines is 1. The number of hydrogen-bond acceptors (Lipinski definition) is 4. The van der Waals surface area contributed by atoms with E-state index in [1.807, 2.05) is 0 Å². The summed E-state index contributed by atoms with van der Waals surface area (Å²) in [6.45, 7) is 1.51. The Kier molecular flexibility index (Phi) is 4.20. The van der Waals surface area contributed by atoms with Crippen molar-refractivity contribution in [2.45, 2.75) is 13.0 Å². The number of aromatic nitrogens is 1. The maximum Gasteiger partial charge on any atom is 0.266 e. The molecule has 1 heterocycles. The summed E-state index contributed by atoms with van der Waals surface area (Å²) >= 11 is 1.15. The molecule has 0 saturated heterocycles. The van der Waals surface area contributed by atoms with E-state index < -0.39 is 17.8 Å². The first-order valence-electron chi connectivity index (χ1n) is 6.81. The van der Waals surface area contributed by atoms with E-state index >= 15 is 0 Å². The number of hydrogen-bond donors (Lipinski definition) is 1. The van der Waals surface area contributed by atoms with E-state index in [1.165, 1.54) is 43.3 Å². The molecule has 1 aromatic heterocycles. The Hall–Kier alpha value is -2.54. The van der Waals surface area contributed by atoms with Crippen LogP contribution in [0.4, 0.5) is 13.9 Å². The first-order valence-corrected chi connectivity index (χ1v) is 7.63. The molecule has 0 radical (unpaired) electrons. The molecular formula is C16H12F2N2O2S. The number of nitrogens with zero attached hydrogens (tertiary/aromatic N) is 1. The Bertz CT molecular complexity index is 866. The standard InChI is InChI=1S/C16H12F2N2O2S/c1-9(22-13-5-3-2-4-11(13)18)15(21)20-16-19-12-7-6-10(17)8-14(12)23-16/h2-9H,1H3,(H,19,20,21)/t9-/m0/s1. The zero-order valence-corrected chi connectivity index (χ0v) is 12.9. The zero-order chi connectivity index (χ0) is 16.4. The molecule has 0 saturated carbocycles. The van der Waals surface area contributed by atoms with Crippen molar-refractivity contribution in [1.82, 2.24) is 4.98 Å². The second kappa shape index (κ2) is 6.29. The number of fused-ring (bicyclic) bond motifs is 1. The highest BCUT2D eigenvalue weighted by Gasteiger charge is 2.18. The first kappa shape index (κ1) is 15.4. The van der Waals surface area contributed by atoms with Crippen LogP contribution in [0.25, 0.3) is 10.2 Å². The number of carbonyl (C=O) groups is 1. The predicted octanol–water partition coefficient (Wildman–Crippen LogP) is 3.98. The van der Waals surface area contributed by atoms with Crippen LogP contribution >= 0.6 is 11.3 Å².